The lowest BCUT2D eigenvalue weighted by Crippen LogP contribution is -2.42. The number of halogens is 1. The summed E-state index contributed by atoms with van der Waals surface area (Å²) in [5.41, 5.74) is -0.501. The lowest BCUT2D eigenvalue weighted by molar-refractivity contribution is -0.134. The first-order valence-electron chi connectivity index (χ1n) is 5.99. The number of nitrogens with one attached hydrogen (secondary N) is 2. The number of likely N-dealkylation sites (N-methyl/N-ethyl adjacent to an activating group) is 1. The molecule has 2 rings (SSSR count). The molecule has 7 heteroatoms. The smallest absolute Gasteiger partial charge is 0.325 e. The molecule has 1 saturated heterocycles. The van der Waals surface area contributed by atoms with Crippen molar-refractivity contribution in [1.29, 1.82) is 0 Å². The molecule has 1 atom stereocenters. The normalized spacial score (nSPS) is 21.9. The number of rotatable bonds is 3. The highest BCUT2D eigenvalue weighted by atomic mass is 79.9. The molecule has 1 aliphatic heterocycles. The molecule has 1 fully saturated rings. The van der Waals surface area contributed by atoms with Gasteiger partial charge in [0.15, 0.2) is 0 Å². The fourth-order valence-corrected chi connectivity index (χ4v) is 2.46. The minimum absolute atomic E-state index is 0.287. The topological polar surface area (TPSA) is 78.5 Å². The minimum Gasteiger partial charge on any atom is -0.358 e. The first kappa shape index (κ1) is 14.5. The van der Waals surface area contributed by atoms with Crippen molar-refractivity contribution in [2.75, 3.05) is 13.6 Å². The Balaban J connectivity index is 2.33. The number of hydrogen-bond acceptors (Lipinski definition) is 3. The van der Waals surface area contributed by atoms with Crippen molar-refractivity contribution in [1.82, 2.24) is 15.5 Å². The zero-order valence-electron chi connectivity index (χ0n) is 11.1. The molecule has 0 radical (unpaired) electrons. The van der Waals surface area contributed by atoms with Gasteiger partial charge in [0.2, 0.25) is 5.91 Å². The average molecular weight is 340 g/mol. The third kappa shape index (κ3) is 2.40. The van der Waals surface area contributed by atoms with Gasteiger partial charge in [-0.2, -0.15) is 0 Å². The molecule has 106 valence electrons. The number of amides is 4. The molecule has 20 heavy (non-hydrogen) atoms. The summed E-state index contributed by atoms with van der Waals surface area (Å²) in [6, 6.07) is 6.57. The Kier molecular flexibility index (Phi) is 3.80. The van der Waals surface area contributed by atoms with Gasteiger partial charge in [-0.3, -0.25) is 14.5 Å². The highest BCUT2D eigenvalue weighted by molar-refractivity contribution is 9.10. The van der Waals surface area contributed by atoms with Crippen LogP contribution in [0.1, 0.15) is 12.5 Å². The van der Waals surface area contributed by atoms with E-state index < -0.39 is 23.4 Å². The Morgan fingerprint density at radius 2 is 2.15 bits per heavy atom. The van der Waals surface area contributed by atoms with Crippen LogP contribution in [0.4, 0.5) is 4.79 Å². The van der Waals surface area contributed by atoms with Crippen LogP contribution in [0.15, 0.2) is 28.7 Å². The van der Waals surface area contributed by atoms with Gasteiger partial charge in [0.1, 0.15) is 12.1 Å². The summed E-state index contributed by atoms with van der Waals surface area (Å²) >= 11 is 3.33. The predicted octanol–water partition coefficient (Wildman–Crippen LogP) is 0.962. The monoisotopic (exact) mass is 339 g/mol. The zero-order chi connectivity index (χ0) is 14.9. The SMILES string of the molecule is CNC(=O)CN1C(=O)N[C@](C)(c2cccc(Br)c2)C1=O. The van der Waals surface area contributed by atoms with Crippen LogP contribution < -0.4 is 10.6 Å². The molecule has 2 N–H and O–H groups in total. The van der Waals surface area contributed by atoms with Crippen molar-refractivity contribution in [3.8, 4) is 0 Å². The molecular formula is C13H14BrN3O3. The van der Waals surface area contributed by atoms with Gasteiger partial charge in [-0.25, -0.2) is 4.79 Å². The largest absolute Gasteiger partial charge is 0.358 e. The minimum atomic E-state index is -1.16. The van der Waals surface area contributed by atoms with E-state index in [2.05, 4.69) is 26.6 Å². The summed E-state index contributed by atoms with van der Waals surface area (Å²) in [5, 5.41) is 5.03. The second-order valence-electron chi connectivity index (χ2n) is 4.63. The van der Waals surface area contributed by atoms with Crippen molar-refractivity contribution in [2.24, 2.45) is 0 Å². The van der Waals surface area contributed by atoms with E-state index in [4.69, 9.17) is 0 Å². The molecule has 0 unspecified atom stereocenters. The van der Waals surface area contributed by atoms with E-state index in [9.17, 15) is 14.4 Å². The van der Waals surface area contributed by atoms with Crippen molar-refractivity contribution in [3.05, 3.63) is 34.3 Å². The molecule has 0 aromatic heterocycles. The van der Waals surface area contributed by atoms with E-state index in [1.165, 1.54) is 7.05 Å². The number of carbonyl (C=O) groups excluding carboxylic acids is 3. The van der Waals surface area contributed by atoms with Crippen molar-refractivity contribution < 1.29 is 14.4 Å². The molecule has 0 aliphatic carbocycles. The van der Waals surface area contributed by atoms with Crippen LogP contribution in [0.2, 0.25) is 0 Å². The van der Waals surface area contributed by atoms with Gasteiger partial charge in [-0.15, -0.1) is 0 Å². The van der Waals surface area contributed by atoms with Crippen LogP contribution in [-0.2, 0) is 15.1 Å². The highest BCUT2D eigenvalue weighted by Crippen LogP contribution is 2.30. The van der Waals surface area contributed by atoms with Gasteiger partial charge in [0.05, 0.1) is 0 Å². The number of urea groups is 1. The van der Waals surface area contributed by atoms with E-state index in [1.807, 2.05) is 6.07 Å². The molecular weight excluding hydrogens is 326 g/mol. The molecule has 0 saturated carbocycles. The maximum atomic E-state index is 12.4. The van der Waals surface area contributed by atoms with Crippen molar-refractivity contribution in [2.45, 2.75) is 12.5 Å². The maximum absolute atomic E-state index is 12.4. The Morgan fingerprint density at radius 3 is 2.75 bits per heavy atom. The lowest BCUT2D eigenvalue weighted by Gasteiger charge is -2.22. The van der Waals surface area contributed by atoms with Crippen LogP contribution >= 0.6 is 15.9 Å². The third-order valence-corrected chi connectivity index (χ3v) is 3.75. The Hall–Kier alpha value is -1.89. The second-order valence-corrected chi connectivity index (χ2v) is 5.55. The van der Waals surface area contributed by atoms with Gasteiger partial charge in [-0.1, -0.05) is 28.1 Å². The van der Waals surface area contributed by atoms with Crippen molar-refractivity contribution in [3.63, 3.8) is 0 Å². The summed E-state index contributed by atoms with van der Waals surface area (Å²) in [6.07, 6.45) is 0. The Bertz CT molecular complexity index is 590. The molecule has 6 nitrogen and oxygen atoms in total. The Labute approximate surface area is 124 Å². The third-order valence-electron chi connectivity index (χ3n) is 3.26. The van der Waals surface area contributed by atoms with Gasteiger partial charge < -0.3 is 10.6 Å². The quantitative estimate of drug-likeness (QED) is 0.805. The first-order valence-corrected chi connectivity index (χ1v) is 6.78. The van der Waals surface area contributed by atoms with E-state index in [1.54, 1.807) is 25.1 Å². The van der Waals surface area contributed by atoms with Gasteiger partial charge in [0, 0.05) is 11.5 Å². The molecule has 1 heterocycles. The molecule has 0 spiro atoms. The summed E-state index contributed by atoms with van der Waals surface area (Å²) < 4.78 is 0.808. The van der Waals surface area contributed by atoms with Crippen LogP contribution in [-0.4, -0.2) is 36.3 Å². The van der Waals surface area contributed by atoms with E-state index >= 15 is 0 Å². The Morgan fingerprint density at radius 1 is 1.45 bits per heavy atom. The summed E-state index contributed by atoms with van der Waals surface area (Å²) in [6.45, 7) is 1.34. The van der Waals surface area contributed by atoms with E-state index in [0.29, 0.717) is 5.56 Å². The zero-order valence-corrected chi connectivity index (χ0v) is 12.7. The van der Waals surface area contributed by atoms with Crippen LogP contribution in [0.3, 0.4) is 0 Å². The lowest BCUT2D eigenvalue weighted by atomic mass is 9.92. The number of hydrogen-bond donors (Lipinski definition) is 2. The molecule has 1 aliphatic rings. The van der Waals surface area contributed by atoms with Crippen LogP contribution in [0.5, 0.6) is 0 Å². The average Bonchev–Trinajstić information content (AvgIpc) is 2.63. The summed E-state index contributed by atoms with van der Waals surface area (Å²) in [5.74, 6) is -0.837. The van der Waals surface area contributed by atoms with E-state index in [-0.39, 0.29) is 6.54 Å². The fraction of sp³-hybridized carbons (Fsp3) is 0.308. The van der Waals surface area contributed by atoms with Gasteiger partial charge in [0.25, 0.3) is 5.91 Å². The fourth-order valence-electron chi connectivity index (χ4n) is 2.06. The van der Waals surface area contributed by atoms with Crippen LogP contribution in [0.25, 0.3) is 0 Å². The summed E-state index contributed by atoms with van der Waals surface area (Å²) in [7, 11) is 1.45. The second kappa shape index (κ2) is 5.24. The maximum Gasteiger partial charge on any atom is 0.325 e. The molecule has 1 aromatic rings. The van der Waals surface area contributed by atoms with Gasteiger partial charge in [-0.05, 0) is 24.6 Å². The number of carbonyl (C=O) groups is 3. The predicted molar refractivity (Wildman–Crippen MR) is 75.8 cm³/mol. The highest BCUT2D eigenvalue weighted by Gasteiger charge is 2.49. The molecule has 4 amide bonds. The number of benzene rings is 1. The first-order chi connectivity index (χ1) is 9.38. The van der Waals surface area contributed by atoms with E-state index in [0.717, 1.165) is 9.37 Å². The van der Waals surface area contributed by atoms with Crippen molar-refractivity contribution >= 4 is 33.8 Å². The standard InChI is InChI=1S/C13H14BrN3O3/c1-13(8-4-3-5-9(14)6-8)11(19)17(12(20)16-13)7-10(18)15-2/h3-6H,7H2,1-2H3,(H,15,18)(H,16,20)/t13-/m1/s1. The molecule has 0 bridgehead atoms. The number of nitrogens with zero attached hydrogens (tertiary/aromatic N) is 1. The number of imide groups is 1. The molecule has 1 aromatic carbocycles. The van der Waals surface area contributed by atoms with Crippen LogP contribution in [0, 0.1) is 0 Å². The summed E-state index contributed by atoms with van der Waals surface area (Å²) in [4.78, 5) is 36.6. The van der Waals surface area contributed by atoms with Gasteiger partial charge >= 0.3 is 6.03 Å².